The molecule has 9 heavy (non-hydrogen) atoms. The van der Waals surface area contributed by atoms with Crippen LogP contribution in [0.25, 0.3) is 0 Å². The summed E-state index contributed by atoms with van der Waals surface area (Å²) in [5, 5.41) is 3.35. The molecule has 1 unspecified atom stereocenters. The first kappa shape index (κ1) is 6.81. The molecule has 1 N–H and O–H groups in total. The molecular formula is C8H15N. The summed E-state index contributed by atoms with van der Waals surface area (Å²) in [7, 11) is 0. The van der Waals surface area contributed by atoms with E-state index in [-0.39, 0.29) is 0 Å². The van der Waals surface area contributed by atoms with E-state index in [0.717, 1.165) is 5.92 Å². The second kappa shape index (κ2) is 3.67. The number of hydrogen-bond acceptors (Lipinski definition) is 1. The Morgan fingerprint density at radius 3 is 3.11 bits per heavy atom. The van der Waals surface area contributed by atoms with Crippen molar-refractivity contribution in [2.45, 2.75) is 19.8 Å². The number of nitrogens with one attached hydrogen (secondary N) is 1. The Kier molecular flexibility index (Phi) is 2.78. The molecule has 1 atom stereocenters. The van der Waals surface area contributed by atoms with Gasteiger partial charge in [-0.3, -0.25) is 0 Å². The normalized spacial score (nSPS) is 27.9. The van der Waals surface area contributed by atoms with Crippen molar-refractivity contribution in [2.75, 3.05) is 13.1 Å². The van der Waals surface area contributed by atoms with E-state index < -0.39 is 0 Å². The molecule has 0 aromatic carbocycles. The van der Waals surface area contributed by atoms with Crippen LogP contribution in [0.1, 0.15) is 19.8 Å². The van der Waals surface area contributed by atoms with E-state index in [9.17, 15) is 0 Å². The maximum atomic E-state index is 3.35. The molecule has 0 aromatic heterocycles. The minimum absolute atomic E-state index is 0.918. The molecule has 0 radical (unpaired) electrons. The number of rotatable bonds is 2. The minimum atomic E-state index is 0.918. The van der Waals surface area contributed by atoms with Gasteiger partial charge in [0.2, 0.25) is 0 Å². The second-order valence-corrected chi connectivity index (χ2v) is 2.66. The van der Waals surface area contributed by atoms with Crippen molar-refractivity contribution < 1.29 is 0 Å². The van der Waals surface area contributed by atoms with Gasteiger partial charge in [0.1, 0.15) is 0 Å². The van der Waals surface area contributed by atoms with Gasteiger partial charge in [0.05, 0.1) is 0 Å². The van der Waals surface area contributed by atoms with Crippen molar-refractivity contribution in [3.8, 4) is 0 Å². The van der Waals surface area contributed by atoms with Crippen LogP contribution in [0.3, 0.4) is 0 Å². The van der Waals surface area contributed by atoms with Crippen LogP contribution in [-0.2, 0) is 0 Å². The minimum Gasteiger partial charge on any atom is -0.316 e. The van der Waals surface area contributed by atoms with Crippen LogP contribution in [-0.4, -0.2) is 13.1 Å². The quantitative estimate of drug-likeness (QED) is 0.552. The highest BCUT2D eigenvalue weighted by Gasteiger charge is 2.11. The molecule has 1 fully saturated rings. The van der Waals surface area contributed by atoms with E-state index in [1.807, 2.05) is 0 Å². The fourth-order valence-corrected chi connectivity index (χ4v) is 1.24. The molecule has 1 nitrogen and oxygen atoms in total. The number of allylic oxidation sites excluding steroid dienone is 2. The zero-order chi connectivity index (χ0) is 6.53. The summed E-state index contributed by atoms with van der Waals surface area (Å²) in [6.45, 7) is 4.54. The summed E-state index contributed by atoms with van der Waals surface area (Å²) in [5.74, 6) is 0.918. The fraction of sp³-hybridized carbons (Fsp3) is 0.750. The summed E-state index contributed by atoms with van der Waals surface area (Å²) >= 11 is 0. The average molecular weight is 125 g/mol. The molecule has 0 aliphatic carbocycles. The van der Waals surface area contributed by atoms with Crippen molar-refractivity contribution in [1.82, 2.24) is 5.32 Å². The third-order valence-electron chi connectivity index (χ3n) is 1.87. The predicted octanol–water partition coefficient (Wildman–Crippen LogP) is 1.56. The molecule has 0 saturated carbocycles. The average Bonchev–Trinajstić information content (AvgIpc) is 2.34. The molecule has 0 bridgehead atoms. The maximum Gasteiger partial charge on any atom is -0.00171 e. The van der Waals surface area contributed by atoms with Gasteiger partial charge in [-0.25, -0.2) is 0 Å². The summed E-state index contributed by atoms with van der Waals surface area (Å²) in [6, 6.07) is 0. The Labute approximate surface area is 57.1 Å². The Bertz CT molecular complexity index is 90.7. The third kappa shape index (κ3) is 2.19. The summed E-state index contributed by atoms with van der Waals surface area (Å²) < 4.78 is 0. The van der Waals surface area contributed by atoms with Crippen LogP contribution in [0.4, 0.5) is 0 Å². The van der Waals surface area contributed by atoms with Gasteiger partial charge in [0, 0.05) is 0 Å². The smallest absolute Gasteiger partial charge is 0.00171 e. The Morgan fingerprint density at radius 2 is 2.56 bits per heavy atom. The number of hydrogen-bond donors (Lipinski definition) is 1. The van der Waals surface area contributed by atoms with Gasteiger partial charge in [-0.1, -0.05) is 12.2 Å². The zero-order valence-electron chi connectivity index (χ0n) is 6.06. The van der Waals surface area contributed by atoms with Gasteiger partial charge in [-0.05, 0) is 38.8 Å². The Morgan fingerprint density at radius 1 is 1.67 bits per heavy atom. The molecule has 1 heterocycles. The Hall–Kier alpha value is -0.300. The van der Waals surface area contributed by atoms with E-state index in [1.165, 1.54) is 25.9 Å². The molecule has 1 aliphatic rings. The van der Waals surface area contributed by atoms with Gasteiger partial charge >= 0.3 is 0 Å². The first-order valence-corrected chi connectivity index (χ1v) is 3.75. The largest absolute Gasteiger partial charge is 0.316 e. The third-order valence-corrected chi connectivity index (χ3v) is 1.87. The summed E-state index contributed by atoms with van der Waals surface area (Å²) in [5.41, 5.74) is 0. The van der Waals surface area contributed by atoms with Crippen molar-refractivity contribution in [3.63, 3.8) is 0 Å². The van der Waals surface area contributed by atoms with E-state index in [1.54, 1.807) is 0 Å². The monoisotopic (exact) mass is 125 g/mol. The molecule has 1 saturated heterocycles. The van der Waals surface area contributed by atoms with Crippen LogP contribution >= 0.6 is 0 Å². The van der Waals surface area contributed by atoms with Crippen LogP contribution in [0.5, 0.6) is 0 Å². The molecule has 0 amide bonds. The topological polar surface area (TPSA) is 12.0 Å². The summed E-state index contributed by atoms with van der Waals surface area (Å²) in [4.78, 5) is 0. The van der Waals surface area contributed by atoms with Gasteiger partial charge in [0.15, 0.2) is 0 Å². The van der Waals surface area contributed by atoms with E-state index in [0.29, 0.717) is 0 Å². The molecule has 1 heteroatoms. The first-order valence-electron chi connectivity index (χ1n) is 3.75. The molecule has 52 valence electrons. The van der Waals surface area contributed by atoms with Gasteiger partial charge < -0.3 is 5.32 Å². The zero-order valence-corrected chi connectivity index (χ0v) is 6.06. The Balaban J connectivity index is 2.11. The highest BCUT2D eigenvalue weighted by atomic mass is 14.9. The highest BCUT2D eigenvalue weighted by molar-refractivity contribution is 4.83. The van der Waals surface area contributed by atoms with Gasteiger partial charge in [-0.15, -0.1) is 0 Å². The van der Waals surface area contributed by atoms with Crippen molar-refractivity contribution in [2.24, 2.45) is 5.92 Å². The van der Waals surface area contributed by atoms with Crippen LogP contribution < -0.4 is 5.32 Å². The molecule has 1 aliphatic heterocycles. The molecular weight excluding hydrogens is 110 g/mol. The maximum absolute atomic E-state index is 3.35. The SMILES string of the molecule is CC=CCC1CCNC1. The van der Waals surface area contributed by atoms with Crippen LogP contribution in [0, 0.1) is 5.92 Å². The van der Waals surface area contributed by atoms with Crippen LogP contribution in [0.15, 0.2) is 12.2 Å². The molecule has 0 aromatic rings. The lowest BCUT2D eigenvalue weighted by atomic mass is 10.1. The van der Waals surface area contributed by atoms with Gasteiger partial charge in [0.25, 0.3) is 0 Å². The highest BCUT2D eigenvalue weighted by Crippen LogP contribution is 2.11. The lowest BCUT2D eigenvalue weighted by Crippen LogP contribution is -2.08. The predicted molar refractivity (Wildman–Crippen MR) is 40.4 cm³/mol. The van der Waals surface area contributed by atoms with E-state index in [2.05, 4.69) is 24.4 Å². The molecule has 0 spiro atoms. The van der Waals surface area contributed by atoms with Crippen LogP contribution in [0.2, 0.25) is 0 Å². The fourth-order valence-electron chi connectivity index (χ4n) is 1.24. The second-order valence-electron chi connectivity index (χ2n) is 2.66. The van der Waals surface area contributed by atoms with E-state index >= 15 is 0 Å². The standard InChI is InChI=1S/C8H15N/c1-2-3-4-8-5-6-9-7-8/h2-3,8-9H,4-7H2,1H3. The summed E-state index contributed by atoms with van der Waals surface area (Å²) in [6.07, 6.45) is 7.03. The lowest BCUT2D eigenvalue weighted by Gasteiger charge is -2.00. The van der Waals surface area contributed by atoms with Crippen molar-refractivity contribution >= 4 is 0 Å². The van der Waals surface area contributed by atoms with E-state index in [4.69, 9.17) is 0 Å². The van der Waals surface area contributed by atoms with Crippen molar-refractivity contribution in [3.05, 3.63) is 12.2 Å². The first-order chi connectivity index (χ1) is 4.43. The van der Waals surface area contributed by atoms with Crippen molar-refractivity contribution in [1.29, 1.82) is 0 Å². The van der Waals surface area contributed by atoms with Gasteiger partial charge in [-0.2, -0.15) is 0 Å². The lowest BCUT2D eigenvalue weighted by molar-refractivity contribution is 0.593. The molecule has 1 rings (SSSR count).